The summed E-state index contributed by atoms with van der Waals surface area (Å²) in [6, 6.07) is 6.59. The minimum Gasteiger partial charge on any atom is -0.338 e. The summed E-state index contributed by atoms with van der Waals surface area (Å²) in [5.41, 5.74) is 0.610. The van der Waals surface area contributed by atoms with Crippen molar-refractivity contribution in [3.05, 3.63) is 29.8 Å². The number of fused-ring (bicyclic) bond motifs is 1. The topological polar surface area (TPSA) is 20.3 Å². The Morgan fingerprint density at radius 1 is 1.22 bits per heavy atom. The molecule has 1 amide bonds. The summed E-state index contributed by atoms with van der Waals surface area (Å²) >= 11 is 0. The van der Waals surface area contributed by atoms with Gasteiger partial charge in [0.25, 0.3) is 12.1 Å². The third-order valence-corrected chi connectivity index (χ3v) is 4.56. The van der Waals surface area contributed by atoms with Crippen LogP contribution < -0.4 is 5.30 Å². The van der Waals surface area contributed by atoms with Crippen molar-refractivity contribution in [2.24, 2.45) is 11.8 Å². The highest BCUT2D eigenvalue weighted by molar-refractivity contribution is 7.47. The monoisotopic (exact) mass is 269 g/mol. The molecule has 1 saturated carbocycles. The first-order chi connectivity index (χ1) is 8.63. The number of piperidine rings is 1. The zero-order valence-electron chi connectivity index (χ0n) is 9.77. The van der Waals surface area contributed by atoms with Crippen molar-refractivity contribution in [2.45, 2.75) is 12.6 Å². The lowest BCUT2D eigenvalue weighted by Crippen LogP contribution is -2.30. The third kappa shape index (κ3) is 2.39. The molecule has 1 saturated heterocycles. The van der Waals surface area contributed by atoms with Gasteiger partial charge in [0.1, 0.15) is 0 Å². The van der Waals surface area contributed by atoms with Crippen molar-refractivity contribution >= 4 is 19.8 Å². The van der Waals surface area contributed by atoms with Crippen LogP contribution in [0.25, 0.3) is 0 Å². The van der Waals surface area contributed by atoms with Crippen molar-refractivity contribution in [2.75, 3.05) is 13.1 Å². The van der Waals surface area contributed by atoms with Gasteiger partial charge in [0.2, 0.25) is 0 Å². The Balaban J connectivity index is 1.66. The molecule has 0 N–H and O–H groups in total. The highest BCUT2D eigenvalue weighted by atomic mass is 31.1. The normalized spacial score (nSPS) is 26.1. The molecule has 2 fully saturated rings. The number of rotatable bonds is 3. The van der Waals surface area contributed by atoms with E-state index < -0.39 is 14.7 Å². The zero-order valence-corrected chi connectivity index (χ0v) is 10.8. The SMILES string of the molecule is O=C(c1ccc(PC(F)F)cc1)N1C[C@H]2C[C@H]2C1. The molecule has 0 bridgehead atoms. The fourth-order valence-electron chi connectivity index (χ4n) is 2.58. The van der Waals surface area contributed by atoms with E-state index in [9.17, 15) is 13.6 Å². The maximum absolute atomic E-state index is 12.2. The van der Waals surface area contributed by atoms with E-state index >= 15 is 0 Å². The van der Waals surface area contributed by atoms with E-state index in [0.29, 0.717) is 22.7 Å². The van der Waals surface area contributed by atoms with E-state index in [1.165, 1.54) is 6.42 Å². The van der Waals surface area contributed by atoms with Crippen molar-refractivity contribution in [1.29, 1.82) is 0 Å². The number of hydrogen-bond acceptors (Lipinski definition) is 1. The molecule has 18 heavy (non-hydrogen) atoms. The lowest BCUT2D eigenvalue weighted by Gasteiger charge is -2.18. The van der Waals surface area contributed by atoms with Crippen molar-refractivity contribution < 1.29 is 13.6 Å². The fraction of sp³-hybridized carbons (Fsp3) is 0.462. The van der Waals surface area contributed by atoms with E-state index in [2.05, 4.69) is 0 Å². The van der Waals surface area contributed by atoms with Crippen LogP contribution in [0.4, 0.5) is 8.78 Å². The minimum atomic E-state index is -2.31. The van der Waals surface area contributed by atoms with Gasteiger partial charge < -0.3 is 4.90 Å². The molecule has 5 heteroatoms. The van der Waals surface area contributed by atoms with Gasteiger partial charge in [0, 0.05) is 18.7 Å². The van der Waals surface area contributed by atoms with Gasteiger partial charge in [-0.1, -0.05) is 12.1 Å². The van der Waals surface area contributed by atoms with E-state index in [1.807, 2.05) is 4.90 Å². The number of amides is 1. The quantitative estimate of drug-likeness (QED) is 0.771. The molecule has 0 radical (unpaired) electrons. The van der Waals surface area contributed by atoms with Gasteiger partial charge in [-0.3, -0.25) is 4.79 Å². The predicted octanol–water partition coefficient (Wildman–Crippen LogP) is 2.30. The van der Waals surface area contributed by atoms with Gasteiger partial charge in [0.05, 0.1) is 0 Å². The number of carbonyl (C=O) groups is 1. The molecule has 3 atom stereocenters. The van der Waals surface area contributed by atoms with Gasteiger partial charge in [-0.2, -0.15) is 0 Å². The number of carbonyl (C=O) groups excluding carboxylic acids is 1. The first kappa shape index (κ1) is 12.0. The molecular weight excluding hydrogens is 255 g/mol. The Kier molecular flexibility index (Phi) is 3.06. The average molecular weight is 269 g/mol. The second kappa shape index (κ2) is 4.58. The number of alkyl halides is 2. The summed E-state index contributed by atoms with van der Waals surface area (Å²) in [7, 11) is -0.497. The molecule has 96 valence electrons. The summed E-state index contributed by atoms with van der Waals surface area (Å²) < 4.78 is 24.4. The number of halogens is 2. The average Bonchev–Trinajstić information content (AvgIpc) is 2.95. The van der Waals surface area contributed by atoms with E-state index in [-0.39, 0.29) is 5.91 Å². The summed E-state index contributed by atoms with van der Waals surface area (Å²) in [6.07, 6.45) is -1.05. The third-order valence-electron chi connectivity index (χ3n) is 3.67. The number of likely N-dealkylation sites (tertiary alicyclic amines) is 1. The van der Waals surface area contributed by atoms with Crippen molar-refractivity contribution in [1.82, 2.24) is 4.90 Å². The van der Waals surface area contributed by atoms with Crippen LogP contribution in [0.1, 0.15) is 16.8 Å². The molecule has 1 aromatic carbocycles. The number of benzene rings is 1. The first-order valence-electron chi connectivity index (χ1n) is 6.07. The maximum atomic E-state index is 12.2. The Labute approximate surface area is 106 Å². The lowest BCUT2D eigenvalue weighted by atomic mass is 10.2. The molecule has 3 rings (SSSR count). The van der Waals surface area contributed by atoms with E-state index in [4.69, 9.17) is 0 Å². The highest BCUT2D eigenvalue weighted by Crippen LogP contribution is 2.45. The molecule has 1 aromatic rings. The molecule has 0 spiro atoms. The fourth-order valence-corrected chi connectivity index (χ4v) is 3.19. The van der Waals surface area contributed by atoms with Crippen LogP contribution in [-0.2, 0) is 0 Å². The van der Waals surface area contributed by atoms with Crippen LogP contribution in [0.15, 0.2) is 24.3 Å². The maximum Gasteiger partial charge on any atom is 0.256 e. The van der Waals surface area contributed by atoms with Crippen LogP contribution in [-0.4, -0.2) is 30.1 Å². The molecule has 1 heterocycles. The van der Waals surface area contributed by atoms with Gasteiger partial charge in [-0.15, -0.1) is 0 Å². The van der Waals surface area contributed by atoms with Crippen molar-refractivity contribution in [3.63, 3.8) is 0 Å². The van der Waals surface area contributed by atoms with Crippen LogP contribution in [0.5, 0.6) is 0 Å². The Bertz CT molecular complexity index is 453. The van der Waals surface area contributed by atoms with Gasteiger partial charge in [-0.25, -0.2) is 8.78 Å². The first-order valence-corrected chi connectivity index (χ1v) is 7.15. The highest BCUT2D eigenvalue weighted by Gasteiger charge is 2.46. The van der Waals surface area contributed by atoms with Crippen LogP contribution >= 0.6 is 8.58 Å². The van der Waals surface area contributed by atoms with Gasteiger partial charge in [-0.05, 0) is 44.3 Å². The molecular formula is C13H14F2NOP. The summed E-state index contributed by atoms with van der Waals surface area (Å²) in [6.45, 7) is 1.73. The predicted molar refractivity (Wildman–Crippen MR) is 67.9 cm³/mol. The van der Waals surface area contributed by atoms with Gasteiger partial charge >= 0.3 is 0 Å². The Morgan fingerprint density at radius 2 is 1.83 bits per heavy atom. The summed E-state index contributed by atoms with van der Waals surface area (Å²) in [5.74, 6) is 1.47. The van der Waals surface area contributed by atoms with Gasteiger partial charge in [0.15, 0.2) is 0 Å². The minimum absolute atomic E-state index is 0.0362. The van der Waals surface area contributed by atoms with Crippen LogP contribution in [0.3, 0.4) is 0 Å². The zero-order chi connectivity index (χ0) is 12.7. The summed E-state index contributed by atoms with van der Waals surface area (Å²) in [5, 5.41) is 0.603. The Morgan fingerprint density at radius 3 is 2.39 bits per heavy atom. The summed E-state index contributed by atoms with van der Waals surface area (Å²) in [4.78, 5) is 14.0. The molecule has 1 aliphatic carbocycles. The van der Waals surface area contributed by atoms with Crippen LogP contribution in [0, 0.1) is 11.8 Å². The molecule has 2 nitrogen and oxygen atoms in total. The van der Waals surface area contributed by atoms with E-state index in [1.54, 1.807) is 24.3 Å². The number of nitrogens with zero attached hydrogens (tertiary/aromatic N) is 1. The second-order valence-corrected chi connectivity index (χ2v) is 6.29. The van der Waals surface area contributed by atoms with Crippen molar-refractivity contribution in [3.8, 4) is 0 Å². The largest absolute Gasteiger partial charge is 0.338 e. The second-order valence-electron chi connectivity index (χ2n) is 4.99. The Hall–Kier alpha value is -1.02. The van der Waals surface area contributed by atoms with E-state index in [0.717, 1.165) is 13.1 Å². The smallest absolute Gasteiger partial charge is 0.256 e. The molecule has 2 aliphatic rings. The number of hydrogen-bond donors (Lipinski definition) is 0. The molecule has 1 aliphatic heterocycles. The molecule has 1 unspecified atom stereocenters. The molecule has 0 aromatic heterocycles. The van der Waals surface area contributed by atoms with Crippen LogP contribution in [0.2, 0.25) is 0 Å². The lowest BCUT2D eigenvalue weighted by molar-refractivity contribution is 0.0775. The standard InChI is InChI=1S/C13H14F2NOP/c14-13(15)18-11-3-1-8(2-4-11)12(17)16-6-9-5-10(9)7-16/h1-4,9-10,13,18H,5-7H2/t9-,10+.